The molecular weight excluding hydrogens is 1160 g/mol. The molecule has 8 rings (SSSR count). The van der Waals surface area contributed by atoms with E-state index in [1.807, 2.05) is 116 Å². The van der Waals surface area contributed by atoms with Gasteiger partial charge in [0, 0.05) is 45.5 Å². The summed E-state index contributed by atoms with van der Waals surface area (Å²) in [6, 6.07) is 22.6. The van der Waals surface area contributed by atoms with Crippen molar-refractivity contribution in [3.05, 3.63) is 151 Å². The van der Waals surface area contributed by atoms with E-state index in [1.165, 1.54) is 202 Å². The number of carbonyl (C=O) groups is 4. The van der Waals surface area contributed by atoms with E-state index >= 15 is 0 Å². The van der Waals surface area contributed by atoms with E-state index in [1.54, 1.807) is 24.3 Å². The zero-order valence-corrected chi connectivity index (χ0v) is 59.4. The largest absolute Gasteiger partial charge is 0.494 e. The molecule has 6 aromatic carbocycles. The van der Waals surface area contributed by atoms with Gasteiger partial charge in [0.25, 0.3) is 23.6 Å². The Balaban J connectivity index is 0.829. The Labute approximate surface area is 565 Å². The molecular formula is C84H112N4O6. The number of hydrogen-bond acceptors (Lipinski definition) is 8. The number of amides is 4. The van der Waals surface area contributed by atoms with Gasteiger partial charge in [0.2, 0.25) is 0 Å². The van der Waals surface area contributed by atoms with Crippen LogP contribution in [0.4, 0.5) is 22.7 Å². The van der Waals surface area contributed by atoms with Crippen LogP contribution in [0, 0.1) is 55.4 Å². The molecule has 0 atom stereocenters. The molecule has 0 saturated carbocycles. The van der Waals surface area contributed by atoms with Crippen molar-refractivity contribution in [1.29, 1.82) is 0 Å². The van der Waals surface area contributed by atoms with E-state index in [0.717, 1.165) is 91.3 Å². The van der Waals surface area contributed by atoms with Crippen LogP contribution in [0.25, 0.3) is 10.8 Å². The number of ether oxygens (including phenoxy) is 2. The number of benzene rings is 6. The van der Waals surface area contributed by atoms with Crippen LogP contribution in [-0.4, -0.2) is 49.3 Å². The van der Waals surface area contributed by atoms with Gasteiger partial charge in [0.15, 0.2) is 0 Å². The Kier molecular flexibility index (Phi) is 28.7. The predicted molar refractivity (Wildman–Crippen MR) is 394 cm³/mol. The summed E-state index contributed by atoms with van der Waals surface area (Å²) in [7, 11) is 0. The number of unbranched alkanes of at least 4 members (excludes halogenated alkanes) is 30. The van der Waals surface area contributed by atoms with Gasteiger partial charge in [-0.05, 0) is 197 Å². The number of aliphatic imine (C=N–C) groups is 2. The summed E-state index contributed by atoms with van der Waals surface area (Å²) in [6.45, 7) is 21.6. The van der Waals surface area contributed by atoms with Gasteiger partial charge in [0.05, 0.1) is 36.0 Å². The number of hydrogen-bond donors (Lipinski definition) is 0. The van der Waals surface area contributed by atoms with Gasteiger partial charge in [-0.25, -0.2) is 9.80 Å². The maximum absolute atomic E-state index is 14.9. The minimum Gasteiger partial charge on any atom is -0.494 e. The van der Waals surface area contributed by atoms with Crippen LogP contribution in [0.2, 0.25) is 0 Å². The highest BCUT2D eigenvalue weighted by molar-refractivity contribution is 6.42. The van der Waals surface area contributed by atoms with Crippen LogP contribution in [0.5, 0.6) is 11.5 Å². The minimum atomic E-state index is -0.513. The average molecular weight is 1270 g/mol. The first-order valence-corrected chi connectivity index (χ1v) is 36.8. The molecule has 2 aliphatic rings. The van der Waals surface area contributed by atoms with Crippen molar-refractivity contribution in [2.75, 3.05) is 23.0 Å². The van der Waals surface area contributed by atoms with E-state index in [9.17, 15) is 19.2 Å². The highest BCUT2D eigenvalue weighted by Gasteiger charge is 2.43. The summed E-state index contributed by atoms with van der Waals surface area (Å²) >= 11 is 0. The van der Waals surface area contributed by atoms with E-state index < -0.39 is 23.6 Å². The van der Waals surface area contributed by atoms with Crippen LogP contribution in [0.1, 0.15) is 316 Å². The minimum absolute atomic E-state index is 0.256. The van der Waals surface area contributed by atoms with Crippen molar-refractivity contribution < 1.29 is 28.7 Å². The first kappa shape index (κ1) is 72.6. The number of anilines is 2. The highest BCUT2D eigenvalue weighted by atomic mass is 16.5. The van der Waals surface area contributed by atoms with Gasteiger partial charge >= 0.3 is 0 Å². The van der Waals surface area contributed by atoms with Crippen LogP contribution < -0.4 is 19.3 Å². The van der Waals surface area contributed by atoms with Crippen molar-refractivity contribution in [2.24, 2.45) is 9.98 Å². The van der Waals surface area contributed by atoms with Gasteiger partial charge in [-0.3, -0.25) is 29.2 Å². The van der Waals surface area contributed by atoms with Crippen molar-refractivity contribution in [1.82, 2.24) is 0 Å². The Morgan fingerprint density at radius 3 is 0.755 bits per heavy atom. The molecule has 0 N–H and O–H groups in total. The monoisotopic (exact) mass is 1270 g/mol. The molecule has 0 aliphatic carbocycles. The average Bonchev–Trinajstić information content (AvgIpc) is 0.705. The summed E-state index contributed by atoms with van der Waals surface area (Å²) in [5.41, 5.74) is 11.9. The number of carbonyl (C=O) groups excluding carboxylic acids is 4. The lowest BCUT2D eigenvalue weighted by Gasteiger charge is -2.34. The molecule has 10 nitrogen and oxygen atoms in total. The molecule has 0 spiro atoms. The molecule has 0 saturated heterocycles. The first-order valence-electron chi connectivity index (χ1n) is 36.8. The number of rotatable bonds is 42. The van der Waals surface area contributed by atoms with Crippen molar-refractivity contribution >= 4 is 69.6 Å². The molecule has 94 heavy (non-hydrogen) atoms. The normalized spacial score (nSPS) is 13.1. The fraction of sp³-hybridized carbons (Fsp3) is 0.524. The second-order valence-corrected chi connectivity index (χ2v) is 27.3. The van der Waals surface area contributed by atoms with Crippen LogP contribution in [0.15, 0.2) is 82.8 Å². The number of nitrogens with zero attached hydrogens (tertiary/aromatic N) is 4. The smallest absolute Gasteiger partial charge is 0.266 e. The second kappa shape index (κ2) is 37.2. The van der Waals surface area contributed by atoms with Crippen LogP contribution >= 0.6 is 0 Å². The molecule has 4 amide bonds. The Hall–Kier alpha value is -7.20. The maximum atomic E-state index is 14.9. The predicted octanol–water partition coefficient (Wildman–Crippen LogP) is 23.7. The third kappa shape index (κ3) is 18.6. The molecule has 504 valence electrons. The third-order valence-electron chi connectivity index (χ3n) is 20.4. The van der Waals surface area contributed by atoms with Gasteiger partial charge < -0.3 is 9.47 Å². The summed E-state index contributed by atoms with van der Waals surface area (Å²) < 4.78 is 12.2. The van der Waals surface area contributed by atoms with Gasteiger partial charge in [0.1, 0.15) is 11.5 Å². The van der Waals surface area contributed by atoms with Gasteiger partial charge in [-0.2, -0.15) is 0 Å². The summed E-state index contributed by atoms with van der Waals surface area (Å²) in [5.74, 6) is -0.363. The maximum Gasteiger partial charge on any atom is 0.266 e. The summed E-state index contributed by atoms with van der Waals surface area (Å²) in [4.78, 5) is 72.2. The summed E-state index contributed by atoms with van der Waals surface area (Å²) in [5, 5.41) is 0.648. The van der Waals surface area contributed by atoms with E-state index in [4.69, 9.17) is 19.5 Å². The van der Waals surface area contributed by atoms with Crippen LogP contribution in [0.3, 0.4) is 0 Å². The molecule has 0 aromatic heterocycles. The molecule has 0 radical (unpaired) electrons. The summed E-state index contributed by atoms with van der Waals surface area (Å²) in [6.07, 6.45) is 46.7. The lowest BCUT2D eigenvalue weighted by molar-refractivity contribution is 0.0872. The molecule has 10 heteroatoms. The second-order valence-electron chi connectivity index (χ2n) is 27.3. The fourth-order valence-corrected chi connectivity index (χ4v) is 14.1. The van der Waals surface area contributed by atoms with Gasteiger partial charge in [-0.15, -0.1) is 0 Å². The molecule has 0 fully saturated rings. The van der Waals surface area contributed by atoms with E-state index in [-0.39, 0.29) is 22.3 Å². The quantitative estimate of drug-likeness (QED) is 0.0214. The van der Waals surface area contributed by atoms with Crippen molar-refractivity contribution in [3.63, 3.8) is 0 Å². The Bertz CT molecular complexity index is 3210. The van der Waals surface area contributed by atoms with E-state index in [0.29, 0.717) is 35.4 Å². The zero-order chi connectivity index (χ0) is 66.9. The molecule has 0 unspecified atom stereocenters. The lowest BCUT2D eigenvalue weighted by atomic mass is 9.84. The van der Waals surface area contributed by atoms with Crippen molar-refractivity contribution in [2.45, 2.75) is 275 Å². The van der Waals surface area contributed by atoms with E-state index in [2.05, 4.69) is 13.8 Å². The fourth-order valence-electron chi connectivity index (χ4n) is 14.1. The highest BCUT2D eigenvalue weighted by Crippen LogP contribution is 2.46. The van der Waals surface area contributed by atoms with Gasteiger partial charge in [-0.1, -0.05) is 206 Å². The Morgan fingerprint density at radius 2 is 0.521 bits per heavy atom. The Morgan fingerprint density at radius 1 is 0.298 bits per heavy atom. The van der Waals surface area contributed by atoms with Crippen LogP contribution in [-0.2, 0) is 0 Å². The molecule has 0 bridgehead atoms. The third-order valence-corrected chi connectivity index (χ3v) is 20.4. The molecule has 6 aromatic rings. The molecule has 2 heterocycles. The molecule has 2 aliphatic heterocycles. The topological polar surface area (TPSA) is 118 Å². The number of imide groups is 2. The SMILES string of the molecule is CCCCCCCCCCCCCCCCCCOc1ccc(C=Nc2c(C)c(C)c(N3C(=O)c4ccc5c6c(ccc(c46)C3=O)C(=O)N(c3c(C)c(C)c(N=Cc4ccc(OCCCCCCCCCCCCCCCCCC)cc4)c(C)c3C)C5=O)c(C)c2C)cc1. The lowest BCUT2D eigenvalue weighted by Crippen LogP contribution is -2.44. The standard InChI is InChI=1S/C84H112N4O6/c1-11-13-15-17-19-21-23-25-27-29-31-33-35-37-39-41-55-93-69-47-43-67(44-48-69)57-85-77-59(3)63(7)79(64(8)60(77)4)87-81(89)71-51-53-73-76-74(54-52-72(75(71)76)82(87)90)84(92)88(83(73)91)80-65(9)61(5)78(62(6)66(80)10)86-58-68-45-49-70(50-46-68)94-56-42-40-38-36-34-32-30-28-26-24-22-20-18-16-14-12-2/h43-54,57-58H,11-42,55-56H2,1-10H3. The first-order chi connectivity index (χ1) is 45.7. The zero-order valence-electron chi connectivity index (χ0n) is 59.4. The van der Waals surface area contributed by atoms with Crippen molar-refractivity contribution in [3.8, 4) is 11.5 Å².